The van der Waals surface area contributed by atoms with Gasteiger partial charge in [-0.2, -0.15) is 0 Å². The highest BCUT2D eigenvalue weighted by atomic mass is 35.5. The average Bonchev–Trinajstić information content (AvgIpc) is 2.68. The molecule has 2 rings (SSSR count). The first-order valence-corrected chi connectivity index (χ1v) is 4.73. The van der Waals surface area contributed by atoms with Gasteiger partial charge >= 0.3 is 5.97 Å². The number of hydrogen-bond donors (Lipinski definition) is 1. The number of halogens is 1. The maximum atomic E-state index is 11.5. The first-order chi connectivity index (χ1) is 7.65. The van der Waals surface area contributed by atoms with E-state index in [2.05, 4.69) is 9.68 Å². The summed E-state index contributed by atoms with van der Waals surface area (Å²) >= 11 is 5.68. The summed E-state index contributed by atoms with van der Waals surface area (Å²) in [7, 11) is 0. The van der Waals surface area contributed by atoms with Crippen LogP contribution in [-0.2, 0) is 0 Å². The predicted molar refractivity (Wildman–Crippen MR) is 57.3 cm³/mol. The van der Waals surface area contributed by atoms with Crippen molar-refractivity contribution in [2.75, 3.05) is 5.73 Å². The van der Waals surface area contributed by atoms with Gasteiger partial charge in [-0.3, -0.25) is 0 Å². The molecule has 0 amide bonds. The first-order valence-electron chi connectivity index (χ1n) is 4.35. The van der Waals surface area contributed by atoms with Gasteiger partial charge in [-0.1, -0.05) is 16.8 Å². The number of anilines is 1. The largest absolute Gasteiger partial charge is 0.422 e. The van der Waals surface area contributed by atoms with E-state index in [1.807, 2.05) is 0 Å². The highest BCUT2D eigenvalue weighted by Gasteiger charge is 2.13. The third-order valence-electron chi connectivity index (χ3n) is 1.76. The zero-order chi connectivity index (χ0) is 11.5. The number of nitrogens with zero attached hydrogens (tertiary/aromatic N) is 1. The molecule has 1 aromatic heterocycles. The monoisotopic (exact) mass is 238 g/mol. The van der Waals surface area contributed by atoms with Crippen LogP contribution >= 0.6 is 11.6 Å². The minimum atomic E-state index is -0.636. The van der Waals surface area contributed by atoms with Crippen LogP contribution in [0.25, 0.3) is 0 Å². The molecular weight excluding hydrogens is 232 g/mol. The molecule has 5 nitrogen and oxygen atoms in total. The zero-order valence-corrected chi connectivity index (χ0v) is 8.77. The number of nitrogen functional groups attached to an aromatic ring is 1. The number of nitrogens with two attached hydrogens (primary N) is 1. The van der Waals surface area contributed by atoms with Crippen LogP contribution in [0.15, 0.2) is 34.9 Å². The van der Waals surface area contributed by atoms with Gasteiger partial charge in [0.2, 0.25) is 5.88 Å². The Kier molecular flexibility index (Phi) is 2.78. The van der Waals surface area contributed by atoms with Gasteiger partial charge in [-0.05, 0) is 24.3 Å². The van der Waals surface area contributed by atoms with Crippen molar-refractivity contribution < 1.29 is 14.1 Å². The summed E-state index contributed by atoms with van der Waals surface area (Å²) in [5, 5.41) is 3.99. The molecule has 0 aliphatic rings. The van der Waals surface area contributed by atoms with Gasteiger partial charge < -0.3 is 15.0 Å². The summed E-state index contributed by atoms with van der Waals surface area (Å²) in [6.07, 6.45) is 0. The SMILES string of the molecule is Nc1cc(C(=O)Oc2ccc(Cl)cc2)no1. The molecule has 1 aromatic carbocycles. The van der Waals surface area contributed by atoms with E-state index < -0.39 is 5.97 Å². The van der Waals surface area contributed by atoms with E-state index in [0.29, 0.717) is 10.8 Å². The Labute approximate surface area is 95.7 Å². The lowest BCUT2D eigenvalue weighted by Crippen LogP contribution is -2.08. The number of carbonyl (C=O) groups is 1. The van der Waals surface area contributed by atoms with Crippen molar-refractivity contribution >= 4 is 23.5 Å². The van der Waals surface area contributed by atoms with Gasteiger partial charge in [-0.15, -0.1) is 0 Å². The third kappa shape index (κ3) is 2.32. The second-order valence-electron chi connectivity index (χ2n) is 2.96. The van der Waals surface area contributed by atoms with Crippen LogP contribution < -0.4 is 10.5 Å². The number of rotatable bonds is 2. The molecule has 2 aromatic rings. The van der Waals surface area contributed by atoms with Crippen molar-refractivity contribution in [3.8, 4) is 5.75 Å². The molecule has 0 bridgehead atoms. The molecule has 2 N–H and O–H groups in total. The smallest absolute Gasteiger partial charge is 0.366 e. The lowest BCUT2D eigenvalue weighted by molar-refractivity contribution is 0.0724. The van der Waals surface area contributed by atoms with Crippen molar-refractivity contribution in [1.82, 2.24) is 5.16 Å². The molecule has 0 aliphatic heterocycles. The summed E-state index contributed by atoms with van der Waals surface area (Å²) in [5.41, 5.74) is 5.30. The lowest BCUT2D eigenvalue weighted by atomic mass is 10.3. The van der Waals surface area contributed by atoms with E-state index in [1.54, 1.807) is 24.3 Å². The molecule has 16 heavy (non-hydrogen) atoms. The maximum Gasteiger partial charge on any atom is 0.366 e. The van der Waals surface area contributed by atoms with Crippen molar-refractivity contribution in [1.29, 1.82) is 0 Å². The Morgan fingerprint density at radius 3 is 2.62 bits per heavy atom. The standard InChI is InChI=1S/C10H7ClN2O3/c11-6-1-3-7(4-2-6)15-10(14)8-5-9(12)16-13-8/h1-5H,12H2. The Balaban J connectivity index is 2.10. The van der Waals surface area contributed by atoms with E-state index in [4.69, 9.17) is 22.1 Å². The van der Waals surface area contributed by atoms with Crippen LogP contribution in [0.1, 0.15) is 10.5 Å². The van der Waals surface area contributed by atoms with Crippen LogP contribution in [0.4, 0.5) is 5.88 Å². The Morgan fingerprint density at radius 1 is 1.38 bits per heavy atom. The molecule has 0 atom stereocenters. The second-order valence-corrected chi connectivity index (χ2v) is 3.39. The maximum absolute atomic E-state index is 11.5. The van der Waals surface area contributed by atoms with Crippen LogP contribution in [0, 0.1) is 0 Å². The summed E-state index contributed by atoms with van der Waals surface area (Å²) in [4.78, 5) is 11.5. The molecule has 0 spiro atoms. The second kappa shape index (κ2) is 4.24. The molecule has 82 valence electrons. The van der Waals surface area contributed by atoms with E-state index >= 15 is 0 Å². The molecule has 0 aliphatic carbocycles. The van der Waals surface area contributed by atoms with Crippen LogP contribution in [0.3, 0.4) is 0 Å². The molecule has 0 unspecified atom stereocenters. The Morgan fingerprint density at radius 2 is 2.06 bits per heavy atom. The first kappa shape index (κ1) is 10.5. The third-order valence-corrected chi connectivity index (χ3v) is 2.01. The van der Waals surface area contributed by atoms with Crippen molar-refractivity contribution in [3.63, 3.8) is 0 Å². The molecule has 0 saturated heterocycles. The average molecular weight is 239 g/mol. The predicted octanol–water partition coefficient (Wildman–Crippen LogP) is 2.13. The highest BCUT2D eigenvalue weighted by Crippen LogP contribution is 2.17. The van der Waals surface area contributed by atoms with Crippen molar-refractivity contribution in [3.05, 3.63) is 41.0 Å². The van der Waals surface area contributed by atoms with E-state index in [9.17, 15) is 4.79 Å². The van der Waals surface area contributed by atoms with Crippen molar-refractivity contribution in [2.45, 2.75) is 0 Å². The zero-order valence-electron chi connectivity index (χ0n) is 8.01. The molecule has 0 saturated carbocycles. The van der Waals surface area contributed by atoms with Gasteiger partial charge in [-0.25, -0.2) is 4.79 Å². The number of hydrogen-bond acceptors (Lipinski definition) is 5. The molecule has 1 heterocycles. The van der Waals surface area contributed by atoms with Crippen molar-refractivity contribution in [2.24, 2.45) is 0 Å². The molecule has 0 fully saturated rings. The molecule has 6 heteroatoms. The van der Waals surface area contributed by atoms with E-state index in [0.717, 1.165) is 0 Å². The number of aromatic nitrogens is 1. The van der Waals surface area contributed by atoms with Crippen LogP contribution in [0.2, 0.25) is 5.02 Å². The fraction of sp³-hybridized carbons (Fsp3) is 0. The Hall–Kier alpha value is -2.01. The molecular formula is C10H7ClN2O3. The summed E-state index contributed by atoms with van der Waals surface area (Å²) < 4.78 is 9.54. The van der Waals surface area contributed by atoms with Gasteiger partial charge in [0.1, 0.15) is 5.75 Å². The minimum absolute atomic E-state index is 0.0208. The van der Waals surface area contributed by atoms with Gasteiger partial charge in [0.05, 0.1) is 0 Å². The van der Waals surface area contributed by atoms with Gasteiger partial charge in [0.25, 0.3) is 0 Å². The van der Waals surface area contributed by atoms with Crippen LogP contribution in [-0.4, -0.2) is 11.1 Å². The van der Waals surface area contributed by atoms with E-state index in [1.165, 1.54) is 6.07 Å². The fourth-order valence-electron chi connectivity index (χ4n) is 1.05. The molecule has 0 radical (unpaired) electrons. The minimum Gasteiger partial charge on any atom is -0.422 e. The summed E-state index contributed by atoms with van der Waals surface area (Å²) in [5.74, 6) is -0.207. The highest BCUT2D eigenvalue weighted by molar-refractivity contribution is 6.30. The van der Waals surface area contributed by atoms with E-state index in [-0.39, 0.29) is 11.6 Å². The quantitative estimate of drug-likeness (QED) is 0.641. The number of esters is 1. The van der Waals surface area contributed by atoms with Gasteiger partial charge in [0.15, 0.2) is 5.69 Å². The fourth-order valence-corrected chi connectivity index (χ4v) is 1.17. The summed E-state index contributed by atoms with van der Waals surface area (Å²) in [6, 6.07) is 7.66. The number of carbonyl (C=O) groups excluding carboxylic acids is 1. The number of benzene rings is 1. The Bertz CT molecular complexity index is 507. The lowest BCUT2D eigenvalue weighted by Gasteiger charge is -2.00. The number of ether oxygens (including phenoxy) is 1. The van der Waals surface area contributed by atoms with Gasteiger partial charge in [0, 0.05) is 11.1 Å². The topological polar surface area (TPSA) is 78.4 Å². The van der Waals surface area contributed by atoms with Crippen LogP contribution in [0.5, 0.6) is 5.75 Å². The summed E-state index contributed by atoms with van der Waals surface area (Å²) in [6.45, 7) is 0. The normalized spacial score (nSPS) is 10.1.